The number of amides is 3. The Labute approximate surface area is 148 Å². The van der Waals surface area contributed by atoms with Crippen LogP contribution < -0.4 is 15.4 Å². The molecule has 26 heavy (non-hydrogen) atoms. The van der Waals surface area contributed by atoms with Crippen molar-refractivity contribution < 1.29 is 23.6 Å². The minimum absolute atomic E-state index is 0.333. The summed E-state index contributed by atoms with van der Waals surface area (Å²) in [6.07, 6.45) is 0. The van der Waals surface area contributed by atoms with Gasteiger partial charge in [0.25, 0.3) is 11.6 Å². The van der Waals surface area contributed by atoms with E-state index in [2.05, 4.69) is 5.32 Å². The Morgan fingerprint density at radius 1 is 1.23 bits per heavy atom. The Morgan fingerprint density at radius 3 is 2.62 bits per heavy atom. The summed E-state index contributed by atoms with van der Waals surface area (Å²) in [7, 11) is 0. The van der Waals surface area contributed by atoms with Crippen LogP contribution in [-0.4, -0.2) is 23.5 Å². The van der Waals surface area contributed by atoms with Crippen molar-refractivity contribution in [2.45, 2.75) is 13.8 Å². The highest BCUT2D eigenvalue weighted by molar-refractivity contribution is 6.02. The molecule has 0 unspecified atom stereocenters. The number of anilines is 1. The van der Waals surface area contributed by atoms with Crippen molar-refractivity contribution in [3.05, 3.63) is 63.5 Å². The number of nitro groups is 1. The van der Waals surface area contributed by atoms with Gasteiger partial charge in [0.2, 0.25) is 0 Å². The molecule has 0 heterocycles. The molecule has 2 rings (SSSR count). The number of aryl methyl sites for hydroxylation is 1. The summed E-state index contributed by atoms with van der Waals surface area (Å²) in [4.78, 5) is 33.3. The highest BCUT2D eigenvalue weighted by atomic mass is 19.1. The topological polar surface area (TPSA) is 111 Å². The van der Waals surface area contributed by atoms with Crippen LogP contribution in [0, 0.1) is 29.8 Å². The van der Waals surface area contributed by atoms with Gasteiger partial charge in [0.05, 0.1) is 11.0 Å². The van der Waals surface area contributed by atoms with Crippen LogP contribution in [0.1, 0.15) is 11.1 Å². The molecule has 0 saturated heterocycles. The zero-order chi connectivity index (χ0) is 19.3. The first-order valence-corrected chi connectivity index (χ1v) is 7.51. The van der Waals surface area contributed by atoms with E-state index in [0.717, 1.165) is 23.3 Å². The third-order valence-electron chi connectivity index (χ3n) is 3.59. The highest BCUT2D eigenvalue weighted by Crippen LogP contribution is 2.22. The third kappa shape index (κ3) is 4.76. The summed E-state index contributed by atoms with van der Waals surface area (Å²) in [5, 5.41) is 15.1. The number of ether oxygens (including phenoxy) is 1. The summed E-state index contributed by atoms with van der Waals surface area (Å²) in [5.41, 5.74) is 1.95. The van der Waals surface area contributed by atoms with Gasteiger partial charge in [-0.1, -0.05) is 12.1 Å². The number of urea groups is 1. The quantitative estimate of drug-likeness (QED) is 0.628. The maximum atomic E-state index is 13.7. The molecule has 0 bridgehead atoms. The van der Waals surface area contributed by atoms with Crippen molar-refractivity contribution in [3.63, 3.8) is 0 Å². The number of imide groups is 1. The number of nitrogens with one attached hydrogen (secondary N) is 2. The van der Waals surface area contributed by atoms with Crippen LogP contribution in [0.3, 0.4) is 0 Å². The molecule has 2 aromatic carbocycles. The molecule has 0 fully saturated rings. The van der Waals surface area contributed by atoms with Gasteiger partial charge < -0.3 is 10.1 Å². The number of hydrogen-bond acceptors (Lipinski definition) is 5. The molecular formula is C17H16FN3O5. The molecule has 2 N–H and O–H groups in total. The Morgan fingerprint density at radius 2 is 1.96 bits per heavy atom. The van der Waals surface area contributed by atoms with E-state index < -0.39 is 35.0 Å². The van der Waals surface area contributed by atoms with Gasteiger partial charge in [-0.2, -0.15) is 0 Å². The summed E-state index contributed by atoms with van der Waals surface area (Å²) >= 11 is 0. The van der Waals surface area contributed by atoms with Gasteiger partial charge >= 0.3 is 6.03 Å². The first-order chi connectivity index (χ1) is 12.3. The first-order valence-electron chi connectivity index (χ1n) is 7.51. The van der Waals surface area contributed by atoms with Gasteiger partial charge in [-0.3, -0.25) is 20.2 Å². The summed E-state index contributed by atoms with van der Waals surface area (Å²) in [6.45, 7) is 3.08. The maximum absolute atomic E-state index is 13.7. The van der Waals surface area contributed by atoms with Gasteiger partial charge in [0, 0.05) is 11.8 Å². The summed E-state index contributed by atoms with van der Waals surface area (Å²) in [6, 6.07) is 7.35. The van der Waals surface area contributed by atoms with Crippen LogP contribution in [0.25, 0.3) is 0 Å². The number of carbonyl (C=O) groups is 2. The lowest BCUT2D eigenvalue weighted by molar-refractivity contribution is -0.385. The lowest BCUT2D eigenvalue weighted by atomic mass is 10.1. The Hall–Kier alpha value is -3.49. The zero-order valence-corrected chi connectivity index (χ0v) is 14.0. The van der Waals surface area contributed by atoms with Crippen LogP contribution in [0.5, 0.6) is 5.75 Å². The lowest BCUT2D eigenvalue weighted by Gasteiger charge is -2.11. The summed E-state index contributed by atoms with van der Waals surface area (Å²) in [5.74, 6) is -2.11. The molecule has 0 aromatic heterocycles. The number of nitro benzene ring substituents is 1. The highest BCUT2D eigenvalue weighted by Gasteiger charge is 2.14. The second-order valence-corrected chi connectivity index (χ2v) is 5.41. The van der Waals surface area contributed by atoms with Crippen molar-refractivity contribution in [3.8, 4) is 5.75 Å². The van der Waals surface area contributed by atoms with Crippen molar-refractivity contribution in [2.75, 3.05) is 11.9 Å². The number of carbonyl (C=O) groups excluding carboxylic acids is 2. The number of halogens is 1. The Balaban J connectivity index is 1.89. The molecule has 2 aromatic rings. The Kier molecular flexibility index (Phi) is 5.84. The molecule has 0 radical (unpaired) electrons. The molecule has 136 valence electrons. The summed E-state index contributed by atoms with van der Waals surface area (Å²) < 4.78 is 18.6. The van der Waals surface area contributed by atoms with Gasteiger partial charge in [0.1, 0.15) is 0 Å². The van der Waals surface area contributed by atoms with E-state index in [0.29, 0.717) is 11.8 Å². The molecule has 0 saturated carbocycles. The molecule has 8 nitrogen and oxygen atoms in total. The fourth-order valence-electron chi connectivity index (χ4n) is 2.07. The second kappa shape index (κ2) is 8.06. The van der Waals surface area contributed by atoms with E-state index in [4.69, 9.17) is 4.74 Å². The van der Waals surface area contributed by atoms with Crippen molar-refractivity contribution >= 4 is 23.3 Å². The zero-order valence-electron chi connectivity index (χ0n) is 14.0. The number of non-ortho nitro benzene ring substituents is 1. The van der Waals surface area contributed by atoms with E-state index in [1.165, 1.54) is 0 Å². The van der Waals surface area contributed by atoms with Crippen molar-refractivity contribution in [2.24, 2.45) is 0 Å². The minimum Gasteiger partial charge on any atom is -0.481 e. The molecule has 3 amide bonds. The molecule has 0 aliphatic heterocycles. The standard InChI is InChI=1S/C17H16FN3O5/c1-10-4-3-5-14(11(10)2)19-17(23)20-16(22)9-26-15-7-6-12(21(24)25)8-13(15)18/h3-8H,9H2,1-2H3,(H2,19,20,22,23). The van der Waals surface area contributed by atoms with Crippen LogP contribution in [0.2, 0.25) is 0 Å². The molecular weight excluding hydrogens is 345 g/mol. The molecule has 9 heteroatoms. The van der Waals surface area contributed by atoms with E-state index in [-0.39, 0.29) is 5.75 Å². The van der Waals surface area contributed by atoms with Gasteiger partial charge in [-0.25, -0.2) is 9.18 Å². The molecule has 0 aliphatic carbocycles. The lowest BCUT2D eigenvalue weighted by Crippen LogP contribution is -2.37. The van der Waals surface area contributed by atoms with Crippen LogP contribution in [0.15, 0.2) is 36.4 Å². The van der Waals surface area contributed by atoms with Gasteiger partial charge in [-0.15, -0.1) is 0 Å². The molecule has 0 spiro atoms. The fraction of sp³-hybridized carbons (Fsp3) is 0.176. The van der Waals surface area contributed by atoms with Crippen LogP contribution in [0.4, 0.5) is 20.6 Å². The number of benzene rings is 2. The largest absolute Gasteiger partial charge is 0.481 e. The SMILES string of the molecule is Cc1cccc(NC(=O)NC(=O)COc2ccc([N+](=O)[O-])cc2F)c1C. The van der Waals surface area contributed by atoms with Crippen LogP contribution in [-0.2, 0) is 4.79 Å². The van der Waals surface area contributed by atoms with Crippen molar-refractivity contribution in [1.29, 1.82) is 0 Å². The number of rotatable bonds is 5. The van der Waals surface area contributed by atoms with Crippen LogP contribution >= 0.6 is 0 Å². The monoisotopic (exact) mass is 361 g/mol. The first kappa shape index (κ1) is 18.8. The fourth-order valence-corrected chi connectivity index (χ4v) is 2.07. The minimum atomic E-state index is -0.980. The number of nitrogens with zero attached hydrogens (tertiary/aromatic N) is 1. The van der Waals surface area contributed by atoms with E-state index in [9.17, 15) is 24.1 Å². The second-order valence-electron chi connectivity index (χ2n) is 5.41. The average Bonchev–Trinajstić information content (AvgIpc) is 2.57. The average molecular weight is 361 g/mol. The van der Waals surface area contributed by atoms with E-state index >= 15 is 0 Å². The maximum Gasteiger partial charge on any atom is 0.325 e. The van der Waals surface area contributed by atoms with Crippen molar-refractivity contribution in [1.82, 2.24) is 5.32 Å². The third-order valence-corrected chi connectivity index (χ3v) is 3.59. The predicted molar refractivity (Wildman–Crippen MR) is 91.6 cm³/mol. The van der Waals surface area contributed by atoms with Gasteiger partial charge in [-0.05, 0) is 37.1 Å². The molecule has 0 aliphatic rings. The Bertz CT molecular complexity index is 869. The number of hydrogen-bond donors (Lipinski definition) is 2. The normalized spacial score (nSPS) is 10.1. The van der Waals surface area contributed by atoms with Gasteiger partial charge in [0.15, 0.2) is 18.2 Å². The predicted octanol–water partition coefficient (Wildman–Crippen LogP) is 3.08. The smallest absolute Gasteiger partial charge is 0.325 e. The van der Waals surface area contributed by atoms with E-state index in [1.807, 2.05) is 25.2 Å². The van der Waals surface area contributed by atoms with E-state index in [1.54, 1.807) is 12.1 Å². The molecule has 0 atom stereocenters.